The molecule has 1 heterocycles. The molecule has 5 heteroatoms. The van der Waals surface area contributed by atoms with Crippen LogP contribution in [0.5, 0.6) is 5.88 Å². The molecule has 0 unspecified atom stereocenters. The second kappa shape index (κ2) is 5.38. The van der Waals surface area contributed by atoms with E-state index in [1.807, 2.05) is 24.3 Å². The van der Waals surface area contributed by atoms with Gasteiger partial charge in [0.25, 0.3) is 0 Å². The third-order valence-electron chi connectivity index (χ3n) is 2.13. The highest BCUT2D eigenvalue weighted by atomic mass is 79.9. The first-order valence-electron chi connectivity index (χ1n) is 4.93. The summed E-state index contributed by atoms with van der Waals surface area (Å²) in [7, 11) is 0. The van der Waals surface area contributed by atoms with Crippen LogP contribution in [-0.2, 0) is 6.61 Å². The SMILES string of the molecule is Nc1ccc(COc2ncc(Br)cc2Cl)cc1. The summed E-state index contributed by atoms with van der Waals surface area (Å²) < 4.78 is 6.33. The van der Waals surface area contributed by atoms with Crippen LogP contribution in [0.3, 0.4) is 0 Å². The van der Waals surface area contributed by atoms with Crippen LogP contribution in [0.2, 0.25) is 5.02 Å². The third kappa shape index (κ3) is 3.35. The van der Waals surface area contributed by atoms with Crippen LogP contribution in [0.1, 0.15) is 5.56 Å². The lowest BCUT2D eigenvalue weighted by Crippen LogP contribution is -1.98. The normalized spacial score (nSPS) is 10.2. The first kappa shape index (κ1) is 12.2. The average molecular weight is 314 g/mol. The van der Waals surface area contributed by atoms with Gasteiger partial charge in [0.2, 0.25) is 5.88 Å². The lowest BCUT2D eigenvalue weighted by molar-refractivity contribution is 0.294. The van der Waals surface area contributed by atoms with Gasteiger partial charge >= 0.3 is 0 Å². The zero-order chi connectivity index (χ0) is 12.3. The Bertz CT molecular complexity index is 516. The van der Waals surface area contributed by atoms with Gasteiger partial charge in [0, 0.05) is 16.4 Å². The molecule has 2 rings (SSSR count). The van der Waals surface area contributed by atoms with Gasteiger partial charge in [0.15, 0.2) is 0 Å². The first-order valence-corrected chi connectivity index (χ1v) is 6.10. The molecule has 0 saturated carbocycles. The largest absolute Gasteiger partial charge is 0.472 e. The molecule has 3 nitrogen and oxygen atoms in total. The monoisotopic (exact) mass is 312 g/mol. The Morgan fingerprint density at radius 2 is 2.00 bits per heavy atom. The molecule has 1 aromatic heterocycles. The van der Waals surface area contributed by atoms with Crippen molar-refractivity contribution in [3.8, 4) is 5.88 Å². The van der Waals surface area contributed by atoms with Gasteiger partial charge in [0.1, 0.15) is 11.6 Å². The number of hydrogen-bond donors (Lipinski definition) is 1. The number of nitrogen functional groups attached to an aromatic ring is 1. The van der Waals surface area contributed by atoms with E-state index < -0.39 is 0 Å². The molecule has 0 aliphatic heterocycles. The highest BCUT2D eigenvalue weighted by molar-refractivity contribution is 9.10. The minimum atomic E-state index is 0.411. The highest BCUT2D eigenvalue weighted by Crippen LogP contribution is 2.25. The topological polar surface area (TPSA) is 48.1 Å². The lowest BCUT2D eigenvalue weighted by Gasteiger charge is -2.07. The fourth-order valence-corrected chi connectivity index (χ4v) is 1.96. The van der Waals surface area contributed by atoms with E-state index >= 15 is 0 Å². The fourth-order valence-electron chi connectivity index (χ4n) is 1.27. The Labute approximate surface area is 113 Å². The van der Waals surface area contributed by atoms with E-state index in [0.717, 1.165) is 15.7 Å². The molecular formula is C12H10BrClN2O. The maximum atomic E-state index is 5.98. The van der Waals surface area contributed by atoms with Gasteiger partial charge in [-0.3, -0.25) is 0 Å². The quantitative estimate of drug-likeness (QED) is 0.880. The van der Waals surface area contributed by atoms with Crippen LogP contribution < -0.4 is 10.5 Å². The van der Waals surface area contributed by atoms with Gasteiger partial charge in [0.05, 0.1) is 0 Å². The van der Waals surface area contributed by atoms with Crippen molar-refractivity contribution >= 4 is 33.2 Å². The number of halogens is 2. The predicted octanol–water partition coefficient (Wildman–Crippen LogP) is 3.66. The highest BCUT2D eigenvalue weighted by Gasteiger charge is 2.04. The molecule has 0 aliphatic carbocycles. The average Bonchev–Trinajstić information content (AvgIpc) is 2.30. The van der Waals surface area contributed by atoms with Crippen molar-refractivity contribution in [3.63, 3.8) is 0 Å². The molecule has 0 aliphatic rings. The van der Waals surface area contributed by atoms with Gasteiger partial charge in [-0.15, -0.1) is 0 Å². The Kier molecular flexibility index (Phi) is 3.86. The van der Waals surface area contributed by atoms with Crippen LogP contribution >= 0.6 is 27.5 Å². The molecule has 0 atom stereocenters. The summed E-state index contributed by atoms with van der Waals surface area (Å²) in [6.45, 7) is 0.411. The number of aromatic nitrogens is 1. The summed E-state index contributed by atoms with van der Waals surface area (Å²) in [5.41, 5.74) is 7.34. The smallest absolute Gasteiger partial charge is 0.232 e. The first-order chi connectivity index (χ1) is 8.15. The van der Waals surface area contributed by atoms with E-state index in [2.05, 4.69) is 20.9 Å². The predicted molar refractivity (Wildman–Crippen MR) is 72.1 cm³/mol. The number of nitrogens with two attached hydrogens (primary N) is 1. The van der Waals surface area contributed by atoms with Crippen LogP contribution in [0.4, 0.5) is 5.69 Å². The van der Waals surface area contributed by atoms with Gasteiger partial charge < -0.3 is 10.5 Å². The summed E-state index contributed by atoms with van der Waals surface area (Å²) in [5, 5.41) is 0.481. The van der Waals surface area contributed by atoms with Gasteiger partial charge in [-0.05, 0) is 39.7 Å². The molecule has 0 radical (unpaired) electrons. The van der Waals surface area contributed by atoms with Crippen LogP contribution in [0.25, 0.3) is 0 Å². The minimum absolute atomic E-state index is 0.411. The van der Waals surface area contributed by atoms with Crippen molar-refractivity contribution in [1.82, 2.24) is 4.98 Å². The molecule has 17 heavy (non-hydrogen) atoms. The molecule has 0 bridgehead atoms. The van der Waals surface area contributed by atoms with Crippen molar-refractivity contribution in [2.24, 2.45) is 0 Å². The fraction of sp³-hybridized carbons (Fsp3) is 0.0833. The summed E-state index contributed by atoms with van der Waals surface area (Å²) in [4.78, 5) is 4.08. The van der Waals surface area contributed by atoms with Gasteiger partial charge in [-0.25, -0.2) is 4.98 Å². The molecular weight excluding hydrogens is 304 g/mol. The molecule has 0 saturated heterocycles. The summed E-state index contributed by atoms with van der Waals surface area (Å²) >= 11 is 9.27. The van der Waals surface area contributed by atoms with Crippen molar-refractivity contribution in [3.05, 3.63) is 51.6 Å². The molecule has 0 spiro atoms. The number of anilines is 1. The summed E-state index contributed by atoms with van der Waals surface area (Å²) in [6, 6.07) is 9.21. The number of hydrogen-bond acceptors (Lipinski definition) is 3. The van der Waals surface area contributed by atoms with Crippen molar-refractivity contribution in [1.29, 1.82) is 0 Å². The third-order valence-corrected chi connectivity index (χ3v) is 2.83. The minimum Gasteiger partial charge on any atom is -0.472 e. The number of ether oxygens (including phenoxy) is 1. The molecule has 1 aromatic carbocycles. The standard InChI is InChI=1S/C12H10BrClN2O/c13-9-5-11(14)12(16-6-9)17-7-8-1-3-10(15)4-2-8/h1-6H,7,15H2. The lowest BCUT2D eigenvalue weighted by atomic mass is 10.2. The molecule has 2 N–H and O–H groups in total. The maximum Gasteiger partial charge on any atom is 0.232 e. The van der Waals surface area contributed by atoms with Crippen molar-refractivity contribution in [2.75, 3.05) is 5.73 Å². The Hall–Kier alpha value is -1.26. The van der Waals surface area contributed by atoms with E-state index in [9.17, 15) is 0 Å². The summed E-state index contributed by atoms with van der Waals surface area (Å²) in [5.74, 6) is 0.423. The number of benzene rings is 1. The van der Waals surface area contributed by atoms with Crippen molar-refractivity contribution in [2.45, 2.75) is 6.61 Å². The van der Waals surface area contributed by atoms with Crippen molar-refractivity contribution < 1.29 is 4.74 Å². The second-order valence-corrected chi connectivity index (χ2v) is 4.79. The van der Waals surface area contributed by atoms with E-state index in [1.54, 1.807) is 12.3 Å². The second-order valence-electron chi connectivity index (χ2n) is 3.47. The summed E-state index contributed by atoms with van der Waals surface area (Å²) in [6.07, 6.45) is 1.64. The van der Waals surface area contributed by atoms with E-state index in [-0.39, 0.29) is 0 Å². The number of rotatable bonds is 3. The van der Waals surface area contributed by atoms with Crippen LogP contribution in [0, 0.1) is 0 Å². The van der Waals surface area contributed by atoms with Crippen LogP contribution in [-0.4, -0.2) is 4.98 Å². The van der Waals surface area contributed by atoms with E-state index in [0.29, 0.717) is 17.5 Å². The van der Waals surface area contributed by atoms with E-state index in [4.69, 9.17) is 22.1 Å². The van der Waals surface area contributed by atoms with Gasteiger partial charge in [-0.2, -0.15) is 0 Å². The Morgan fingerprint density at radius 3 is 2.65 bits per heavy atom. The van der Waals surface area contributed by atoms with Crippen LogP contribution in [0.15, 0.2) is 41.0 Å². The number of pyridine rings is 1. The van der Waals surface area contributed by atoms with E-state index in [1.165, 1.54) is 0 Å². The van der Waals surface area contributed by atoms with Gasteiger partial charge in [-0.1, -0.05) is 23.7 Å². The molecule has 2 aromatic rings. The molecule has 88 valence electrons. The zero-order valence-electron chi connectivity index (χ0n) is 8.86. The molecule has 0 fully saturated rings. The Morgan fingerprint density at radius 1 is 1.29 bits per heavy atom. The number of nitrogens with zero attached hydrogens (tertiary/aromatic N) is 1. The molecule has 0 amide bonds. The zero-order valence-corrected chi connectivity index (χ0v) is 11.2. The Balaban J connectivity index is 2.04. The maximum absolute atomic E-state index is 5.98.